The highest BCUT2D eigenvalue weighted by Gasteiger charge is 2.34. The monoisotopic (exact) mass is 388 g/mol. The van der Waals surface area contributed by atoms with Gasteiger partial charge in [-0.25, -0.2) is 8.78 Å². The minimum absolute atomic E-state index is 0.0839. The van der Waals surface area contributed by atoms with Gasteiger partial charge >= 0.3 is 18.1 Å². The molecule has 0 radical (unpaired) electrons. The molecule has 2 rings (SSSR count). The summed E-state index contributed by atoms with van der Waals surface area (Å²) in [6.07, 6.45) is -5.83. The Hall–Kier alpha value is -2.97. The summed E-state index contributed by atoms with van der Waals surface area (Å²) >= 11 is 0. The van der Waals surface area contributed by atoms with Crippen LogP contribution in [0.25, 0.3) is 0 Å². The van der Waals surface area contributed by atoms with Crippen molar-refractivity contribution in [2.45, 2.75) is 25.9 Å². The first-order valence-corrected chi connectivity index (χ1v) is 7.60. The number of hydrogen-bond donors (Lipinski definition) is 0. The molecule has 0 aromatic heterocycles. The van der Waals surface area contributed by atoms with Crippen molar-refractivity contribution in [2.75, 3.05) is 0 Å². The molecule has 0 unspecified atom stereocenters. The van der Waals surface area contributed by atoms with Crippen LogP contribution in [-0.4, -0.2) is 11.9 Å². The number of hydrogen-bond acceptors (Lipinski definition) is 4. The van der Waals surface area contributed by atoms with Gasteiger partial charge in [-0.3, -0.25) is 9.59 Å². The highest BCUT2D eigenvalue weighted by Crippen LogP contribution is 2.33. The van der Waals surface area contributed by atoms with Gasteiger partial charge in [0, 0.05) is 0 Å². The van der Waals surface area contributed by atoms with Gasteiger partial charge in [0.05, 0.1) is 18.4 Å². The normalized spacial score (nSPS) is 11.2. The molecule has 0 atom stereocenters. The van der Waals surface area contributed by atoms with Gasteiger partial charge in [-0.15, -0.1) is 0 Å². The van der Waals surface area contributed by atoms with Crippen LogP contribution in [0.15, 0.2) is 36.4 Å². The van der Waals surface area contributed by atoms with Crippen molar-refractivity contribution in [3.05, 3.63) is 59.2 Å². The third-order valence-electron chi connectivity index (χ3n) is 3.37. The molecule has 4 nitrogen and oxygen atoms in total. The molecule has 0 heterocycles. The fourth-order valence-electron chi connectivity index (χ4n) is 2.03. The lowest BCUT2D eigenvalue weighted by Crippen LogP contribution is -2.15. The van der Waals surface area contributed by atoms with E-state index in [1.54, 1.807) is 0 Å². The van der Waals surface area contributed by atoms with Crippen LogP contribution in [0.2, 0.25) is 0 Å². The number of rotatable bonds is 5. The van der Waals surface area contributed by atoms with Crippen molar-refractivity contribution in [1.82, 2.24) is 0 Å². The molecule has 144 valence electrons. The molecule has 2 aromatic rings. The smallest absolute Gasteiger partial charge is 0.419 e. The average Bonchev–Trinajstić information content (AvgIpc) is 2.57. The van der Waals surface area contributed by atoms with Crippen molar-refractivity contribution in [3.8, 4) is 11.5 Å². The fourth-order valence-corrected chi connectivity index (χ4v) is 2.03. The third kappa shape index (κ3) is 5.77. The van der Waals surface area contributed by atoms with E-state index in [1.165, 1.54) is 19.1 Å². The van der Waals surface area contributed by atoms with E-state index in [0.717, 1.165) is 12.1 Å². The summed E-state index contributed by atoms with van der Waals surface area (Å²) in [5, 5.41) is 0. The number of carbonyl (C=O) groups is 2. The lowest BCUT2D eigenvalue weighted by atomic mass is 10.2. The minimum Gasteiger partial charge on any atom is -0.427 e. The molecule has 27 heavy (non-hydrogen) atoms. The van der Waals surface area contributed by atoms with Gasteiger partial charge in [0.25, 0.3) is 0 Å². The zero-order valence-electron chi connectivity index (χ0n) is 13.9. The lowest BCUT2D eigenvalue weighted by molar-refractivity contribution is -0.141. The van der Waals surface area contributed by atoms with Crippen LogP contribution in [-0.2, 0) is 15.8 Å². The quantitative estimate of drug-likeness (QED) is 0.427. The van der Waals surface area contributed by atoms with Crippen LogP contribution in [0.4, 0.5) is 22.0 Å². The standard InChI is InChI=1S/C18H13F5O4/c1-10-8-11(2-4-14(10)19)26-16(24)6-7-17(25)27-12-3-5-15(20)13(9-12)18(21,22)23/h2-5,8-9H,6-7H2,1H3. The maximum absolute atomic E-state index is 13.2. The Morgan fingerprint density at radius 1 is 0.852 bits per heavy atom. The van der Waals surface area contributed by atoms with Crippen molar-refractivity contribution in [3.63, 3.8) is 0 Å². The molecule has 0 spiro atoms. The summed E-state index contributed by atoms with van der Waals surface area (Å²) in [6, 6.07) is 5.38. The summed E-state index contributed by atoms with van der Waals surface area (Å²) in [5.41, 5.74) is -1.31. The molecule has 9 heteroatoms. The topological polar surface area (TPSA) is 52.6 Å². The number of aryl methyl sites for hydroxylation is 1. The number of benzene rings is 2. The SMILES string of the molecule is Cc1cc(OC(=O)CCC(=O)Oc2ccc(F)c(C(F)(F)F)c2)ccc1F. The Balaban J connectivity index is 1.90. The molecule has 0 aliphatic heterocycles. The molecule has 0 aliphatic carbocycles. The molecular weight excluding hydrogens is 375 g/mol. The number of esters is 2. The Morgan fingerprint density at radius 3 is 1.81 bits per heavy atom. The van der Waals surface area contributed by atoms with E-state index in [0.29, 0.717) is 12.1 Å². The molecular formula is C18H13F5O4. The summed E-state index contributed by atoms with van der Waals surface area (Å²) in [7, 11) is 0. The molecule has 0 bridgehead atoms. The number of ether oxygens (including phenoxy) is 2. The van der Waals surface area contributed by atoms with Crippen LogP contribution >= 0.6 is 0 Å². The lowest BCUT2D eigenvalue weighted by Gasteiger charge is -2.10. The van der Waals surface area contributed by atoms with E-state index in [1.807, 2.05) is 0 Å². The summed E-state index contributed by atoms with van der Waals surface area (Å²) in [6.45, 7) is 1.47. The molecule has 0 saturated heterocycles. The molecule has 0 saturated carbocycles. The second kappa shape index (κ2) is 8.15. The second-order valence-corrected chi connectivity index (χ2v) is 5.50. The fraction of sp³-hybridized carbons (Fsp3) is 0.222. The van der Waals surface area contributed by atoms with E-state index >= 15 is 0 Å². The van der Waals surface area contributed by atoms with E-state index < -0.39 is 53.9 Å². The Kier molecular flexibility index (Phi) is 6.14. The van der Waals surface area contributed by atoms with Crippen LogP contribution in [0.3, 0.4) is 0 Å². The van der Waals surface area contributed by atoms with Gasteiger partial charge in [-0.1, -0.05) is 0 Å². The number of alkyl halides is 3. The second-order valence-electron chi connectivity index (χ2n) is 5.50. The van der Waals surface area contributed by atoms with E-state index in [4.69, 9.17) is 4.74 Å². The van der Waals surface area contributed by atoms with Gasteiger partial charge in [-0.2, -0.15) is 13.2 Å². The van der Waals surface area contributed by atoms with Crippen molar-refractivity contribution in [2.24, 2.45) is 0 Å². The first-order valence-electron chi connectivity index (χ1n) is 7.60. The van der Waals surface area contributed by atoms with Crippen LogP contribution in [0, 0.1) is 18.6 Å². The van der Waals surface area contributed by atoms with Gasteiger partial charge in [0.15, 0.2) is 0 Å². The molecule has 0 N–H and O–H groups in total. The van der Waals surface area contributed by atoms with Gasteiger partial charge in [-0.05, 0) is 48.9 Å². The average molecular weight is 388 g/mol. The van der Waals surface area contributed by atoms with Crippen LogP contribution in [0.5, 0.6) is 11.5 Å². The minimum atomic E-state index is -4.94. The zero-order chi connectivity index (χ0) is 20.2. The molecule has 0 aliphatic rings. The first-order chi connectivity index (χ1) is 12.6. The number of carbonyl (C=O) groups excluding carboxylic acids is 2. The Labute approximate surface area is 150 Å². The number of halogens is 5. The van der Waals surface area contributed by atoms with Gasteiger partial charge in [0.2, 0.25) is 0 Å². The predicted molar refractivity (Wildman–Crippen MR) is 83.0 cm³/mol. The highest BCUT2D eigenvalue weighted by molar-refractivity contribution is 5.80. The van der Waals surface area contributed by atoms with Gasteiger partial charge in [0.1, 0.15) is 23.1 Å². The molecule has 0 amide bonds. The zero-order valence-corrected chi connectivity index (χ0v) is 13.9. The maximum atomic E-state index is 13.2. The van der Waals surface area contributed by atoms with Crippen molar-refractivity contribution >= 4 is 11.9 Å². The summed E-state index contributed by atoms with van der Waals surface area (Å²) in [4.78, 5) is 23.3. The van der Waals surface area contributed by atoms with E-state index in [2.05, 4.69) is 4.74 Å². The van der Waals surface area contributed by atoms with Crippen LogP contribution < -0.4 is 9.47 Å². The molecule has 0 fully saturated rings. The largest absolute Gasteiger partial charge is 0.427 e. The maximum Gasteiger partial charge on any atom is 0.419 e. The summed E-state index contributed by atoms with van der Waals surface area (Å²) in [5.74, 6) is -4.21. The first kappa shape index (κ1) is 20.3. The van der Waals surface area contributed by atoms with E-state index in [9.17, 15) is 31.5 Å². The summed E-state index contributed by atoms with van der Waals surface area (Å²) < 4.78 is 73.7. The Morgan fingerprint density at radius 2 is 1.33 bits per heavy atom. The van der Waals surface area contributed by atoms with Crippen LogP contribution in [0.1, 0.15) is 24.0 Å². The third-order valence-corrected chi connectivity index (χ3v) is 3.37. The molecule has 2 aromatic carbocycles. The predicted octanol–water partition coefficient (Wildman–Crippen LogP) is 4.58. The van der Waals surface area contributed by atoms with Crippen molar-refractivity contribution < 1.29 is 41.0 Å². The highest BCUT2D eigenvalue weighted by atomic mass is 19.4. The van der Waals surface area contributed by atoms with Gasteiger partial charge < -0.3 is 9.47 Å². The van der Waals surface area contributed by atoms with Crippen molar-refractivity contribution in [1.29, 1.82) is 0 Å². The Bertz CT molecular complexity index is 861. The van der Waals surface area contributed by atoms with E-state index in [-0.39, 0.29) is 11.3 Å².